The van der Waals surface area contributed by atoms with E-state index in [1.165, 1.54) is 0 Å². The van der Waals surface area contributed by atoms with Crippen molar-refractivity contribution in [2.24, 2.45) is 5.73 Å². The highest BCUT2D eigenvalue weighted by molar-refractivity contribution is 5.94. The number of nitrogens with one attached hydrogen (secondary N) is 1. The number of ether oxygens (including phenoxy) is 2. The number of rotatable bonds is 7. The predicted octanol–water partition coefficient (Wildman–Crippen LogP) is 3.85. The van der Waals surface area contributed by atoms with Crippen LogP contribution in [0.3, 0.4) is 0 Å². The molecule has 142 valence electrons. The number of nitrogens with two attached hydrogens (primary N) is 1. The van der Waals surface area contributed by atoms with Crippen LogP contribution in [0.1, 0.15) is 48.3 Å². The topological polar surface area (TPSA) is 73.6 Å². The molecule has 5 nitrogen and oxygen atoms in total. The first-order valence-electron chi connectivity index (χ1n) is 8.39. The van der Waals surface area contributed by atoms with Crippen LogP contribution in [0.25, 0.3) is 0 Å². The molecule has 0 aromatic heterocycles. The second-order valence-electron chi connectivity index (χ2n) is 6.17. The summed E-state index contributed by atoms with van der Waals surface area (Å²) in [6.07, 6.45) is 0.0633. The second-order valence-corrected chi connectivity index (χ2v) is 6.17. The van der Waals surface area contributed by atoms with Crippen molar-refractivity contribution in [1.29, 1.82) is 0 Å². The van der Waals surface area contributed by atoms with Gasteiger partial charge in [0.05, 0.1) is 19.3 Å². The van der Waals surface area contributed by atoms with Crippen molar-refractivity contribution < 1.29 is 14.3 Å². The monoisotopic (exact) mass is 378 g/mol. The maximum absolute atomic E-state index is 12.4. The standard InChI is InChI=1S/C20H26N2O3.ClH/c1-13(2)25-18-10-9-17(11-19(18)24-4)14(3)22-20(23)16-7-5-15(12-21)6-8-16;/h5-11,13-14H,12,21H2,1-4H3,(H,22,23);1H. The van der Waals surface area contributed by atoms with Gasteiger partial charge in [-0.15, -0.1) is 12.4 Å². The van der Waals surface area contributed by atoms with Gasteiger partial charge in [0.25, 0.3) is 5.91 Å². The van der Waals surface area contributed by atoms with E-state index in [2.05, 4.69) is 5.32 Å². The van der Waals surface area contributed by atoms with Gasteiger partial charge < -0.3 is 20.5 Å². The third-order valence-electron chi connectivity index (χ3n) is 3.85. The van der Waals surface area contributed by atoms with E-state index in [-0.39, 0.29) is 30.5 Å². The summed E-state index contributed by atoms with van der Waals surface area (Å²) in [5.41, 5.74) is 8.13. The quantitative estimate of drug-likeness (QED) is 0.767. The zero-order valence-corrected chi connectivity index (χ0v) is 16.4. The van der Waals surface area contributed by atoms with E-state index in [1.807, 2.05) is 51.1 Å². The van der Waals surface area contributed by atoms with Gasteiger partial charge in [-0.25, -0.2) is 0 Å². The molecule has 0 aliphatic carbocycles. The van der Waals surface area contributed by atoms with Crippen molar-refractivity contribution in [3.63, 3.8) is 0 Å². The molecular formula is C20H27ClN2O3. The number of hydrogen-bond donors (Lipinski definition) is 2. The molecule has 0 aliphatic heterocycles. The molecule has 6 heteroatoms. The maximum atomic E-state index is 12.4. The Morgan fingerprint density at radius 1 is 1.08 bits per heavy atom. The normalized spacial score (nSPS) is 11.5. The lowest BCUT2D eigenvalue weighted by molar-refractivity contribution is 0.0940. The molecule has 0 heterocycles. The van der Waals surface area contributed by atoms with Crippen LogP contribution in [0.5, 0.6) is 11.5 Å². The van der Waals surface area contributed by atoms with Crippen LogP contribution in [-0.4, -0.2) is 19.1 Å². The highest BCUT2D eigenvalue weighted by atomic mass is 35.5. The summed E-state index contributed by atoms with van der Waals surface area (Å²) in [4.78, 5) is 12.4. The lowest BCUT2D eigenvalue weighted by Gasteiger charge is -2.18. The van der Waals surface area contributed by atoms with E-state index < -0.39 is 0 Å². The molecule has 0 fully saturated rings. The molecule has 0 saturated heterocycles. The Morgan fingerprint density at radius 3 is 2.27 bits per heavy atom. The van der Waals surface area contributed by atoms with Gasteiger partial charge in [0.15, 0.2) is 11.5 Å². The summed E-state index contributed by atoms with van der Waals surface area (Å²) < 4.78 is 11.1. The Morgan fingerprint density at radius 2 is 1.73 bits per heavy atom. The van der Waals surface area contributed by atoms with Gasteiger partial charge in [-0.1, -0.05) is 18.2 Å². The molecular weight excluding hydrogens is 352 g/mol. The Bertz CT molecular complexity index is 717. The average Bonchev–Trinajstić information content (AvgIpc) is 2.61. The third kappa shape index (κ3) is 5.64. The average molecular weight is 379 g/mol. The molecule has 0 bridgehead atoms. The molecule has 3 N–H and O–H groups in total. The van der Waals surface area contributed by atoms with Crippen molar-refractivity contribution in [2.75, 3.05) is 7.11 Å². The van der Waals surface area contributed by atoms with Crippen LogP contribution in [0, 0.1) is 0 Å². The minimum atomic E-state index is -0.163. The Balaban J connectivity index is 0.00000338. The first-order valence-corrected chi connectivity index (χ1v) is 8.39. The molecule has 1 amide bonds. The Labute approximate surface area is 161 Å². The Kier molecular flexibility index (Phi) is 8.42. The second kappa shape index (κ2) is 10.0. The molecule has 0 spiro atoms. The first-order chi connectivity index (χ1) is 11.9. The largest absolute Gasteiger partial charge is 0.493 e. The number of carbonyl (C=O) groups is 1. The van der Waals surface area contributed by atoms with Gasteiger partial charge in [0, 0.05) is 12.1 Å². The number of carbonyl (C=O) groups excluding carboxylic acids is 1. The molecule has 0 saturated carbocycles. The van der Waals surface area contributed by atoms with Gasteiger partial charge in [-0.2, -0.15) is 0 Å². The summed E-state index contributed by atoms with van der Waals surface area (Å²) in [7, 11) is 1.61. The van der Waals surface area contributed by atoms with Crippen LogP contribution < -0.4 is 20.5 Å². The van der Waals surface area contributed by atoms with Gasteiger partial charge in [0.2, 0.25) is 0 Å². The fourth-order valence-electron chi connectivity index (χ4n) is 2.46. The number of methoxy groups -OCH3 is 1. The number of halogens is 1. The van der Waals surface area contributed by atoms with Gasteiger partial charge >= 0.3 is 0 Å². The van der Waals surface area contributed by atoms with Crippen molar-refractivity contribution >= 4 is 18.3 Å². The van der Waals surface area contributed by atoms with E-state index in [0.29, 0.717) is 23.6 Å². The smallest absolute Gasteiger partial charge is 0.251 e. The molecule has 2 aromatic rings. The van der Waals surface area contributed by atoms with Crippen LogP contribution in [-0.2, 0) is 6.54 Å². The fraction of sp³-hybridized carbons (Fsp3) is 0.350. The molecule has 0 radical (unpaired) electrons. The molecule has 2 rings (SSSR count). The highest BCUT2D eigenvalue weighted by Gasteiger charge is 2.14. The summed E-state index contributed by atoms with van der Waals surface area (Å²) in [5, 5.41) is 2.99. The van der Waals surface area contributed by atoms with Gasteiger partial charge in [-0.3, -0.25) is 4.79 Å². The van der Waals surface area contributed by atoms with Crippen LogP contribution in [0.15, 0.2) is 42.5 Å². The van der Waals surface area contributed by atoms with E-state index in [0.717, 1.165) is 11.1 Å². The number of benzene rings is 2. The minimum absolute atomic E-state index is 0. The molecule has 26 heavy (non-hydrogen) atoms. The van der Waals surface area contributed by atoms with Crippen molar-refractivity contribution in [3.05, 3.63) is 59.2 Å². The third-order valence-corrected chi connectivity index (χ3v) is 3.85. The predicted molar refractivity (Wildman–Crippen MR) is 106 cm³/mol. The maximum Gasteiger partial charge on any atom is 0.251 e. The molecule has 1 unspecified atom stereocenters. The SMILES string of the molecule is COc1cc(C(C)NC(=O)c2ccc(CN)cc2)ccc1OC(C)C.Cl. The lowest BCUT2D eigenvalue weighted by Crippen LogP contribution is -2.26. The van der Waals surface area contributed by atoms with Gasteiger partial charge in [0.1, 0.15) is 0 Å². The van der Waals surface area contributed by atoms with Crippen molar-refractivity contribution in [3.8, 4) is 11.5 Å². The van der Waals surface area contributed by atoms with E-state index in [1.54, 1.807) is 19.2 Å². The first kappa shape index (κ1) is 21.8. The Hall–Kier alpha value is -2.24. The zero-order valence-electron chi connectivity index (χ0n) is 15.6. The van der Waals surface area contributed by atoms with E-state index >= 15 is 0 Å². The molecule has 0 aliphatic rings. The van der Waals surface area contributed by atoms with Crippen LogP contribution >= 0.6 is 12.4 Å². The van der Waals surface area contributed by atoms with Crippen molar-refractivity contribution in [2.45, 2.75) is 39.5 Å². The fourth-order valence-corrected chi connectivity index (χ4v) is 2.46. The van der Waals surface area contributed by atoms with E-state index in [9.17, 15) is 4.79 Å². The number of hydrogen-bond acceptors (Lipinski definition) is 4. The minimum Gasteiger partial charge on any atom is -0.493 e. The molecule has 1 atom stereocenters. The van der Waals surface area contributed by atoms with E-state index in [4.69, 9.17) is 15.2 Å². The summed E-state index contributed by atoms with van der Waals surface area (Å²) in [6, 6.07) is 12.8. The summed E-state index contributed by atoms with van der Waals surface area (Å²) >= 11 is 0. The highest BCUT2D eigenvalue weighted by Crippen LogP contribution is 2.31. The number of amides is 1. The van der Waals surface area contributed by atoms with Gasteiger partial charge in [-0.05, 0) is 56.2 Å². The molecule has 2 aromatic carbocycles. The van der Waals surface area contributed by atoms with Crippen molar-refractivity contribution in [1.82, 2.24) is 5.32 Å². The van der Waals surface area contributed by atoms with Crippen LogP contribution in [0.2, 0.25) is 0 Å². The zero-order chi connectivity index (χ0) is 18.4. The summed E-state index contributed by atoms with van der Waals surface area (Å²) in [5.74, 6) is 1.22. The summed E-state index contributed by atoms with van der Waals surface area (Å²) in [6.45, 7) is 6.32. The van der Waals surface area contributed by atoms with Crippen LogP contribution in [0.4, 0.5) is 0 Å². The lowest BCUT2D eigenvalue weighted by atomic mass is 10.1.